The van der Waals surface area contributed by atoms with Crippen LogP contribution in [0.1, 0.15) is 13.3 Å². The van der Waals surface area contributed by atoms with E-state index in [1.54, 1.807) is 0 Å². The van der Waals surface area contributed by atoms with Crippen molar-refractivity contribution in [2.75, 3.05) is 32.9 Å². The lowest BCUT2D eigenvalue weighted by Gasteiger charge is -2.32. The van der Waals surface area contributed by atoms with Crippen LogP contribution in [-0.4, -0.2) is 43.9 Å². The number of halogens is 1. The van der Waals surface area contributed by atoms with Crippen LogP contribution in [0.25, 0.3) is 0 Å². The van der Waals surface area contributed by atoms with E-state index in [1.165, 1.54) is 0 Å². The first kappa shape index (κ1) is 10.7. The van der Waals surface area contributed by atoms with Gasteiger partial charge in [0, 0.05) is 19.1 Å². The van der Waals surface area contributed by atoms with Gasteiger partial charge in [-0.25, -0.2) is 0 Å². The van der Waals surface area contributed by atoms with E-state index in [-0.39, 0.29) is 0 Å². The molecular formula is C8H16INO2. The van der Waals surface area contributed by atoms with E-state index < -0.39 is 0 Å². The lowest BCUT2D eigenvalue weighted by Crippen LogP contribution is -2.44. The van der Waals surface area contributed by atoms with Crippen LogP contribution in [0.15, 0.2) is 0 Å². The highest BCUT2D eigenvalue weighted by Gasteiger charge is 2.17. The summed E-state index contributed by atoms with van der Waals surface area (Å²) in [7, 11) is 0. The van der Waals surface area contributed by atoms with Gasteiger partial charge in [0.15, 0.2) is 0 Å². The quantitative estimate of drug-likeness (QED) is 0.576. The van der Waals surface area contributed by atoms with Crippen LogP contribution >= 0.6 is 23.0 Å². The first-order valence-corrected chi connectivity index (χ1v) is 5.28. The Kier molecular flexibility index (Phi) is 5.45. The van der Waals surface area contributed by atoms with Crippen molar-refractivity contribution in [3.8, 4) is 0 Å². The van der Waals surface area contributed by atoms with Crippen molar-refractivity contribution in [1.82, 2.24) is 4.90 Å². The maximum absolute atomic E-state index is 5.34. The van der Waals surface area contributed by atoms with Crippen molar-refractivity contribution in [1.29, 1.82) is 0 Å². The highest BCUT2D eigenvalue weighted by molar-refractivity contribution is 14.1. The van der Waals surface area contributed by atoms with Crippen LogP contribution in [0.2, 0.25) is 0 Å². The Bertz CT molecular complexity index is 124. The fourth-order valence-electron chi connectivity index (χ4n) is 1.42. The molecule has 12 heavy (non-hydrogen) atoms. The summed E-state index contributed by atoms with van der Waals surface area (Å²) < 4.78 is 10.3. The molecule has 0 unspecified atom stereocenters. The second-order valence-corrected chi connectivity index (χ2v) is 3.75. The number of morpholine rings is 1. The van der Waals surface area contributed by atoms with Crippen LogP contribution in [-0.2, 0) is 7.80 Å². The Morgan fingerprint density at radius 1 is 1.67 bits per heavy atom. The Morgan fingerprint density at radius 2 is 2.50 bits per heavy atom. The predicted octanol–water partition coefficient (Wildman–Crippen LogP) is 1.46. The third-order valence-corrected chi connectivity index (χ3v) is 2.61. The summed E-state index contributed by atoms with van der Waals surface area (Å²) in [6, 6.07) is 0.577. The molecule has 0 aromatic heterocycles. The molecule has 0 saturated carbocycles. The number of hydrogen-bond acceptors (Lipinski definition) is 3. The molecule has 1 fully saturated rings. The maximum Gasteiger partial charge on any atom is 0.109 e. The molecule has 1 atom stereocenters. The Hall–Kier alpha value is 0.610. The summed E-state index contributed by atoms with van der Waals surface area (Å²) in [5.41, 5.74) is 0. The average molecular weight is 285 g/mol. The Labute approximate surface area is 88.1 Å². The zero-order valence-electron chi connectivity index (χ0n) is 7.46. The minimum Gasteiger partial charge on any atom is -0.379 e. The highest BCUT2D eigenvalue weighted by atomic mass is 127. The van der Waals surface area contributed by atoms with Crippen molar-refractivity contribution in [2.45, 2.75) is 19.4 Å². The molecule has 4 heteroatoms. The SMILES string of the molecule is C[C@@H]1COCCN1CCCOI. The molecule has 0 radical (unpaired) electrons. The second-order valence-electron chi connectivity index (χ2n) is 3.13. The van der Waals surface area contributed by atoms with Gasteiger partial charge in [-0.15, -0.1) is 0 Å². The van der Waals surface area contributed by atoms with Crippen LogP contribution in [0.3, 0.4) is 0 Å². The van der Waals surface area contributed by atoms with Crippen molar-refractivity contribution in [3.63, 3.8) is 0 Å². The van der Waals surface area contributed by atoms with Gasteiger partial charge in [-0.3, -0.25) is 4.90 Å². The van der Waals surface area contributed by atoms with Gasteiger partial charge in [-0.2, -0.15) is 0 Å². The highest BCUT2D eigenvalue weighted by Crippen LogP contribution is 2.06. The van der Waals surface area contributed by atoms with E-state index >= 15 is 0 Å². The molecule has 0 N–H and O–H groups in total. The molecule has 1 saturated heterocycles. The number of ether oxygens (including phenoxy) is 1. The van der Waals surface area contributed by atoms with Crippen LogP contribution < -0.4 is 0 Å². The van der Waals surface area contributed by atoms with Crippen molar-refractivity contribution >= 4 is 23.0 Å². The minimum atomic E-state index is 0.577. The molecule has 1 heterocycles. The topological polar surface area (TPSA) is 21.7 Å². The molecule has 0 aromatic carbocycles. The summed E-state index contributed by atoms with van der Waals surface area (Å²) in [6.45, 7) is 7.03. The fourth-order valence-corrected chi connectivity index (χ4v) is 1.73. The third kappa shape index (κ3) is 3.55. The summed E-state index contributed by atoms with van der Waals surface area (Å²) in [5.74, 6) is 0. The average Bonchev–Trinajstić information content (AvgIpc) is 2.09. The first-order chi connectivity index (χ1) is 5.84. The second kappa shape index (κ2) is 6.12. The van der Waals surface area contributed by atoms with Crippen LogP contribution in [0, 0.1) is 0 Å². The Morgan fingerprint density at radius 3 is 3.17 bits per heavy atom. The van der Waals surface area contributed by atoms with Gasteiger partial charge in [-0.1, -0.05) is 0 Å². The van der Waals surface area contributed by atoms with Gasteiger partial charge in [0.25, 0.3) is 0 Å². The van der Waals surface area contributed by atoms with Gasteiger partial charge in [-0.05, 0) is 13.3 Å². The summed E-state index contributed by atoms with van der Waals surface area (Å²) >= 11 is 1.94. The summed E-state index contributed by atoms with van der Waals surface area (Å²) in [4.78, 5) is 2.46. The van der Waals surface area contributed by atoms with E-state index in [4.69, 9.17) is 7.80 Å². The normalized spacial score (nSPS) is 26.0. The molecule has 0 amide bonds. The standard InChI is InChI=1S/C8H16INO2/c1-8-7-11-6-4-10(8)3-2-5-12-9/h8H,2-7H2,1H3/t8-/m1/s1. The van der Waals surface area contributed by atoms with E-state index in [2.05, 4.69) is 11.8 Å². The first-order valence-electron chi connectivity index (χ1n) is 4.40. The maximum atomic E-state index is 5.34. The molecule has 1 rings (SSSR count). The Balaban J connectivity index is 2.11. The molecule has 72 valence electrons. The molecule has 3 nitrogen and oxygen atoms in total. The minimum absolute atomic E-state index is 0.577. The molecule has 0 aliphatic carbocycles. The van der Waals surface area contributed by atoms with Crippen molar-refractivity contribution in [2.24, 2.45) is 0 Å². The number of hydrogen-bond donors (Lipinski definition) is 0. The lowest BCUT2D eigenvalue weighted by atomic mass is 10.2. The summed E-state index contributed by atoms with van der Waals surface area (Å²) in [6.07, 6.45) is 1.12. The number of rotatable bonds is 4. The van der Waals surface area contributed by atoms with Crippen molar-refractivity contribution in [3.05, 3.63) is 0 Å². The van der Waals surface area contributed by atoms with Crippen molar-refractivity contribution < 1.29 is 7.80 Å². The van der Waals surface area contributed by atoms with Gasteiger partial charge in [0.05, 0.1) is 19.8 Å². The molecule has 1 aliphatic rings. The fraction of sp³-hybridized carbons (Fsp3) is 1.00. The molecule has 1 aliphatic heterocycles. The van der Waals surface area contributed by atoms with Gasteiger partial charge in [0.1, 0.15) is 23.0 Å². The van der Waals surface area contributed by atoms with Crippen LogP contribution in [0.5, 0.6) is 0 Å². The van der Waals surface area contributed by atoms with Crippen LogP contribution in [0.4, 0.5) is 0 Å². The molecule has 0 bridgehead atoms. The predicted molar refractivity (Wildman–Crippen MR) is 56.4 cm³/mol. The lowest BCUT2D eigenvalue weighted by molar-refractivity contribution is -0.00154. The zero-order valence-corrected chi connectivity index (χ0v) is 9.62. The van der Waals surface area contributed by atoms with Gasteiger partial charge >= 0.3 is 0 Å². The molecule has 0 spiro atoms. The van der Waals surface area contributed by atoms with Gasteiger partial charge < -0.3 is 7.80 Å². The number of nitrogens with zero attached hydrogens (tertiary/aromatic N) is 1. The van der Waals surface area contributed by atoms with E-state index in [0.717, 1.165) is 39.3 Å². The largest absolute Gasteiger partial charge is 0.379 e. The van der Waals surface area contributed by atoms with E-state index in [9.17, 15) is 0 Å². The van der Waals surface area contributed by atoms with E-state index in [0.29, 0.717) is 6.04 Å². The zero-order chi connectivity index (χ0) is 8.81. The molecule has 0 aromatic rings. The monoisotopic (exact) mass is 285 g/mol. The summed E-state index contributed by atoms with van der Waals surface area (Å²) in [5, 5.41) is 0. The molecular weight excluding hydrogens is 269 g/mol. The smallest absolute Gasteiger partial charge is 0.109 e. The van der Waals surface area contributed by atoms with E-state index in [1.807, 2.05) is 23.0 Å². The third-order valence-electron chi connectivity index (χ3n) is 2.17. The van der Waals surface area contributed by atoms with Gasteiger partial charge in [0.2, 0.25) is 0 Å².